The first-order chi connectivity index (χ1) is 10.3. The molecule has 0 amide bonds. The molecule has 0 aliphatic carbocycles. The predicted octanol–water partition coefficient (Wildman–Crippen LogP) is 1.12. The van der Waals surface area contributed by atoms with E-state index in [0.29, 0.717) is 0 Å². The van der Waals surface area contributed by atoms with E-state index in [4.69, 9.17) is 4.74 Å². The van der Waals surface area contributed by atoms with E-state index in [1.54, 1.807) is 7.05 Å². The summed E-state index contributed by atoms with van der Waals surface area (Å²) in [6.07, 6.45) is 2.87. The van der Waals surface area contributed by atoms with Crippen molar-refractivity contribution >= 4 is 0 Å². The zero-order valence-electron chi connectivity index (χ0n) is 12.5. The minimum Gasteiger partial charge on any atom is -0.488 e. The molecule has 0 saturated heterocycles. The van der Waals surface area contributed by atoms with Gasteiger partial charge in [0.15, 0.2) is 5.82 Å². The molecule has 1 aliphatic heterocycles. The minimum absolute atomic E-state index is 0.123. The molecule has 2 unspecified atom stereocenters. The molecule has 112 valence electrons. The number of fused-ring (bicyclic) bond motifs is 1. The second kappa shape index (κ2) is 6.22. The lowest BCUT2D eigenvalue weighted by molar-refractivity contribution is 0.175. The fourth-order valence-electron chi connectivity index (χ4n) is 2.70. The second-order valence-corrected chi connectivity index (χ2v) is 5.43. The summed E-state index contributed by atoms with van der Waals surface area (Å²) in [4.78, 5) is 1.50. The van der Waals surface area contributed by atoms with Crippen molar-refractivity contribution in [2.45, 2.75) is 38.3 Å². The summed E-state index contributed by atoms with van der Waals surface area (Å²) in [5.74, 6) is 1.75. The van der Waals surface area contributed by atoms with Crippen LogP contribution in [0.4, 0.5) is 0 Å². The van der Waals surface area contributed by atoms with Crippen molar-refractivity contribution in [3.63, 3.8) is 0 Å². The fraction of sp³-hybridized carbons (Fsp3) is 0.533. The Kier molecular flexibility index (Phi) is 4.15. The number of aryl methyl sites for hydroxylation is 1. The van der Waals surface area contributed by atoms with E-state index in [2.05, 4.69) is 39.8 Å². The number of nitrogens with one attached hydrogen (secondary N) is 1. The summed E-state index contributed by atoms with van der Waals surface area (Å²) < 4.78 is 6.10. The number of benzene rings is 1. The highest BCUT2D eigenvalue weighted by atomic mass is 16.5. The van der Waals surface area contributed by atoms with Gasteiger partial charge in [0.25, 0.3) is 0 Å². The minimum atomic E-state index is 0.123. The number of para-hydroxylation sites is 1. The third-order valence-corrected chi connectivity index (χ3v) is 3.73. The van der Waals surface area contributed by atoms with Crippen molar-refractivity contribution in [2.24, 2.45) is 7.05 Å². The van der Waals surface area contributed by atoms with E-state index in [1.807, 2.05) is 12.1 Å². The average molecular weight is 287 g/mol. The molecule has 2 atom stereocenters. The van der Waals surface area contributed by atoms with Gasteiger partial charge in [0.1, 0.15) is 11.9 Å². The fourth-order valence-corrected chi connectivity index (χ4v) is 2.70. The molecule has 6 nitrogen and oxygen atoms in total. The molecule has 0 radical (unpaired) electrons. The van der Waals surface area contributed by atoms with Crippen LogP contribution in [0.3, 0.4) is 0 Å². The van der Waals surface area contributed by atoms with Gasteiger partial charge in [-0.15, -0.1) is 10.2 Å². The maximum absolute atomic E-state index is 6.10. The smallest absolute Gasteiger partial charge is 0.176 e. The van der Waals surface area contributed by atoms with Crippen LogP contribution in [-0.4, -0.2) is 38.9 Å². The van der Waals surface area contributed by atoms with Crippen LogP contribution in [-0.2, 0) is 19.9 Å². The quantitative estimate of drug-likeness (QED) is 0.862. The largest absolute Gasteiger partial charge is 0.488 e. The van der Waals surface area contributed by atoms with Gasteiger partial charge in [-0.05, 0) is 29.8 Å². The number of ether oxygens (including phenoxy) is 1. The Morgan fingerprint density at radius 3 is 3.00 bits per heavy atom. The molecule has 2 heterocycles. The van der Waals surface area contributed by atoms with Crippen LogP contribution in [0.15, 0.2) is 24.3 Å². The van der Waals surface area contributed by atoms with Crippen LogP contribution in [0, 0.1) is 0 Å². The Balaban J connectivity index is 1.71. The maximum Gasteiger partial charge on any atom is 0.176 e. The number of hydrogen-bond donors (Lipinski definition) is 1. The average Bonchev–Trinajstić information content (AvgIpc) is 3.09. The number of tetrazole rings is 1. The Bertz CT molecular complexity index is 572. The Labute approximate surface area is 124 Å². The van der Waals surface area contributed by atoms with Crippen LogP contribution >= 0.6 is 0 Å². The van der Waals surface area contributed by atoms with Gasteiger partial charge in [0.2, 0.25) is 0 Å². The molecule has 3 rings (SSSR count). The van der Waals surface area contributed by atoms with Gasteiger partial charge in [0.05, 0.1) is 13.1 Å². The number of hydrogen-bond acceptors (Lipinski definition) is 5. The molecule has 1 aromatic carbocycles. The second-order valence-electron chi connectivity index (χ2n) is 5.43. The zero-order valence-corrected chi connectivity index (χ0v) is 12.5. The highest BCUT2D eigenvalue weighted by Crippen LogP contribution is 2.30. The maximum atomic E-state index is 6.10. The molecule has 1 aliphatic rings. The molecule has 1 aromatic heterocycles. The lowest BCUT2D eigenvalue weighted by atomic mass is 10.0. The molecule has 2 aromatic rings. The molecule has 0 bridgehead atoms. The third kappa shape index (κ3) is 3.21. The standard InChI is InChI=1S/C15H21N5O/c1-3-8-16-12(10-15-17-19-20(2)18-15)14-9-11-6-4-5-7-13(11)21-14/h4-7,12,14,16H,3,8-10H2,1-2H3. The van der Waals surface area contributed by atoms with Crippen molar-refractivity contribution in [3.8, 4) is 5.75 Å². The van der Waals surface area contributed by atoms with Gasteiger partial charge in [-0.3, -0.25) is 0 Å². The van der Waals surface area contributed by atoms with E-state index in [0.717, 1.165) is 37.4 Å². The summed E-state index contributed by atoms with van der Waals surface area (Å²) in [5.41, 5.74) is 1.28. The first kappa shape index (κ1) is 14.0. The lowest BCUT2D eigenvalue weighted by Crippen LogP contribution is -2.44. The van der Waals surface area contributed by atoms with Crippen LogP contribution in [0.25, 0.3) is 0 Å². The monoisotopic (exact) mass is 287 g/mol. The Morgan fingerprint density at radius 2 is 2.29 bits per heavy atom. The molecule has 6 heteroatoms. The molecule has 21 heavy (non-hydrogen) atoms. The summed E-state index contributed by atoms with van der Waals surface area (Å²) in [6.45, 7) is 3.12. The van der Waals surface area contributed by atoms with Crippen LogP contribution < -0.4 is 10.1 Å². The number of rotatable bonds is 6. The summed E-state index contributed by atoms with van der Waals surface area (Å²) in [5, 5.41) is 15.8. The SMILES string of the molecule is CCCNC(Cc1nnn(C)n1)C1Cc2ccccc2O1. The van der Waals surface area contributed by atoms with Crippen molar-refractivity contribution < 1.29 is 4.74 Å². The normalized spacial score (nSPS) is 18.3. The van der Waals surface area contributed by atoms with Crippen molar-refractivity contribution in [3.05, 3.63) is 35.7 Å². The van der Waals surface area contributed by atoms with Crippen LogP contribution in [0.5, 0.6) is 5.75 Å². The van der Waals surface area contributed by atoms with E-state index >= 15 is 0 Å². The topological polar surface area (TPSA) is 64.9 Å². The summed E-state index contributed by atoms with van der Waals surface area (Å²) in [6, 6.07) is 8.43. The molecule has 0 fully saturated rings. The molecular formula is C15H21N5O. The van der Waals surface area contributed by atoms with E-state index in [-0.39, 0.29) is 12.1 Å². The van der Waals surface area contributed by atoms with E-state index in [1.165, 1.54) is 10.4 Å². The van der Waals surface area contributed by atoms with Gasteiger partial charge in [0, 0.05) is 12.8 Å². The van der Waals surface area contributed by atoms with Crippen molar-refractivity contribution in [1.82, 2.24) is 25.5 Å². The van der Waals surface area contributed by atoms with Crippen molar-refractivity contribution in [1.29, 1.82) is 0 Å². The van der Waals surface area contributed by atoms with Crippen molar-refractivity contribution in [2.75, 3.05) is 6.54 Å². The Morgan fingerprint density at radius 1 is 1.43 bits per heavy atom. The van der Waals surface area contributed by atoms with Gasteiger partial charge in [-0.2, -0.15) is 4.80 Å². The summed E-state index contributed by atoms with van der Waals surface area (Å²) in [7, 11) is 1.78. The first-order valence-corrected chi connectivity index (χ1v) is 7.47. The van der Waals surface area contributed by atoms with Crippen LogP contribution in [0.2, 0.25) is 0 Å². The molecule has 0 saturated carbocycles. The van der Waals surface area contributed by atoms with E-state index < -0.39 is 0 Å². The highest BCUT2D eigenvalue weighted by Gasteiger charge is 2.30. The highest BCUT2D eigenvalue weighted by molar-refractivity contribution is 5.37. The number of aromatic nitrogens is 4. The van der Waals surface area contributed by atoms with Crippen LogP contribution in [0.1, 0.15) is 24.7 Å². The van der Waals surface area contributed by atoms with E-state index in [9.17, 15) is 0 Å². The lowest BCUT2D eigenvalue weighted by Gasteiger charge is -2.23. The third-order valence-electron chi connectivity index (χ3n) is 3.73. The predicted molar refractivity (Wildman–Crippen MR) is 79.1 cm³/mol. The molecule has 1 N–H and O–H groups in total. The van der Waals surface area contributed by atoms with Gasteiger partial charge in [-0.1, -0.05) is 25.1 Å². The number of nitrogens with zero attached hydrogens (tertiary/aromatic N) is 4. The van der Waals surface area contributed by atoms with Gasteiger partial charge < -0.3 is 10.1 Å². The molecule has 0 spiro atoms. The zero-order chi connectivity index (χ0) is 14.7. The first-order valence-electron chi connectivity index (χ1n) is 7.47. The van der Waals surface area contributed by atoms with Gasteiger partial charge >= 0.3 is 0 Å². The Hall–Kier alpha value is -1.95. The van der Waals surface area contributed by atoms with Gasteiger partial charge in [-0.25, -0.2) is 0 Å². The summed E-state index contributed by atoms with van der Waals surface area (Å²) >= 11 is 0. The molecular weight excluding hydrogens is 266 g/mol.